The van der Waals surface area contributed by atoms with Crippen LogP contribution < -0.4 is 5.32 Å². The fraction of sp³-hybridized carbons (Fsp3) is 0.842. The first-order valence-corrected chi connectivity index (χ1v) is 10.3. The summed E-state index contributed by atoms with van der Waals surface area (Å²) in [7, 11) is 0. The van der Waals surface area contributed by atoms with Gasteiger partial charge in [-0.3, -0.25) is 0 Å². The van der Waals surface area contributed by atoms with Gasteiger partial charge in [0.05, 0.1) is 0 Å². The van der Waals surface area contributed by atoms with Crippen LogP contribution >= 0.6 is 0 Å². The van der Waals surface area contributed by atoms with E-state index in [1.807, 2.05) is 4.90 Å². The molecule has 1 aromatic rings. The topological polar surface area (TPSA) is 63.1 Å². The molecule has 6 nitrogen and oxygen atoms in total. The first-order chi connectivity index (χ1) is 12.3. The number of amides is 2. The van der Waals surface area contributed by atoms with Gasteiger partial charge in [0.25, 0.3) is 0 Å². The number of nitrogens with zero attached hydrogens (tertiary/aromatic N) is 4. The Bertz CT molecular complexity index is 628. The number of urea groups is 1. The highest BCUT2D eigenvalue weighted by Gasteiger charge is 2.43. The third-order valence-corrected chi connectivity index (χ3v) is 6.59. The number of piperidine rings is 1. The van der Waals surface area contributed by atoms with Gasteiger partial charge in [0, 0.05) is 38.0 Å². The maximum Gasteiger partial charge on any atom is 0.317 e. The first-order valence-electron chi connectivity index (χ1n) is 10.3. The van der Waals surface area contributed by atoms with E-state index < -0.39 is 0 Å². The number of aryl methyl sites for hydroxylation is 1. The molecule has 0 radical (unpaired) electrons. The molecule has 1 N–H and O–H groups in total. The number of hydrogen-bond donors (Lipinski definition) is 1. The first kappa shape index (κ1) is 15.6. The molecule has 5 rings (SSSR count). The van der Waals surface area contributed by atoms with Crippen LogP contribution in [0.5, 0.6) is 0 Å². The number of carbonyl (C=O) groups is 1. The molecule has 136 valence electrons. The Morgan fingerprint density at radius 1 is 0.960 bits per heavy atom. The zero-order valence-electron chi connectivity index (χ0n) is 15.0. The molecule has 0 aromatic carbocycles. The maximum atomic E-state index is 12.7. The lowest BCUT2D eigenvalue weighted by molar-refractivity contribution is 0.173. The van der Waals surface area contributed by atoms with E-state index in [-0.39, 0.29) is 6.03 Å². The van der Waals surface area contributed by atoms with Gasteiger partial charge in [0.15, 0.2) is 0 Å². The third kappa shape index (κ3) is 3.15. The minimum absolute atomic E-state index is 0.172. The summed E-state index contributed by atoms with van der Waals surface area (Å²) in [5.41, 5.74) is 0. The molecule has 3 fully saturated rings. The van der Waals surface area contributed by atoms with Gasteiger partial charge in [-0.1, -0.05) is 0 Å². The van der Waals surface area contributed by atoms with Gasteiger partial charge in [-0.15, -0.1) is 10.2 Å². The van der Waals surface area contributed by atoms with Gasteiger partial charge in [-0.05, 0) is 63.2 Å². The van der Waals surface area contributed by atoms with Gasteiger partial charge in [-0.2, -0.15) is 0 Å². The molecular formula is C19H29N5O. The average molecular weight is 343 g/mol. The van der Waals surface area contributed by atoms with Crippen molar-refractivity contribution in [3.8, 4) is 0 Å². The van der Waals surface area contributed by atoms with Crippen molar-refractivity contribution in [3.05, 3.63) is 11.6 Å². The summed E-state index contributed by atoms with van der Waals surface area (Å²) in [4.78, 5) is 14.7. The second-order valence-corrected chi connectivity index (χ2v) is 8.49. The summed E-state index contributed by atoms with van der Waals surface area (Å²) in [6, 6.07) is 0.624. The number of fused-ring (bicyclic) bond motifs is 1. The quantitative estimate of drug-likeness (QED) is 0.914. The van der Waals surface area contributed by atoms with Gasteiger partial charge in [0.1, 0.15) is 11.6 Å². The second kappa shape index (κ2) is 6.29. The molecule has 0 bridgehead atoms. The highest BCUT2D eigenvalue weighted by molar-refractivity contribution is 5.74. The summed E-state index contributed by atoms with van der Waals surface area (Å²) in [6.07, 6.45) is 10.8. The van der Waals surface area contributed by atoms with E-state index in [9.17, 15) is 4.79 Å². The summed E-state index contributed by atoms with van der Waals surface area (Å²) < 4.78 is 2.35. The Morgan fingerprint density at radius 2 is 1.68 bits per heavy atom. The van der Waals surface area contributed by atoms with Gasteiger partial charge in [0.2, 0.25) is 0 Å². The number of hydrogen-bond acceptors (Lipinski definition) is 3. The Kier molecular flexibility index (Phi) is 3.94. The summed E-state index contributed by atoms with van der Waals surface area (Å²) in [6.45, 7) is 2.77. The zero-order valence-corrected chi connectivity index (χ0v) is 15.0. The molecule has 2 saturated carbocycles. The Morgan fingerprint density at radius 3 is 2.36 bits per heavy atom. The van der Waals surface area contributed by atoms with Crippen LogP contribution in [0, 0.1) is 11.8 Å². The predicted molar refractivity (Wildman–Crippen MR) is 94.3 cm³/mol. The molecule has 1 aromatic heterocycles. The zero-order chi connectivity index (χ0) is 16.8. The van der Waals surface area contributed by atoms with E-state index in [4.69, 9.17) is 0 Å². The molecule has 2 aliphatic heterocycles. The fourth-order valence-corrected chi connectivity index (χ4v) is 4.74. The Labute approximate surface area is 149 Å². The number of nitrogens with one attached hydrogen (secondary N) is 1. The lowest BCUT2D eigenvalue weighted by Crippen LogP contribution is -2.49. The highest BCUT2D eigenvalue weighted by atomic mass is 16.2. The van der Waals surface area contributed by atoms with Crippen molar-refractivity contribution in [2.75, 3.05) is 13.1 Å². The van der Waals surface area contributed by atoms with Crippen LogP contribution in [0.3, 0.4) is 0 Å². The van der Waals surface area contributed by atoms with E-state index in [1.54, 1.807) is 0 Å². The number of rotatable bonds is 4. The van der Waals surface area contributed by atoms with E-state index in [0.717, 1.165) is 56.6 Å². The summed E-state index contributed by atoms with van der Waals surface area (Å²) >= 11 is 0. The Balaban J connectivity index is 1.18. The standard InChI is InChI=1S/C19H29N5O/c25-19(20-17(13-4-5-13)14-6-7-14)23-11-8-15(9-12-23)18-22-21-16-3-1-2-10-24(16)18/h13-15,17H,1-12H2,(H,20,25). The normalized spacial score (nSPS) is 24.4. The van der Waals surface area contributed by atoms with Crippen LogP contribution in [0.4, 0.5) is 4.79 Å². The smallest absolute Gasteiger partial charge is 0.317 e. The van der Waals surface area contributed by atoms with Crippen molar-refractivity contribution in [1.29, 1.82) is 0 Å². The van der Waals surface area contributed by atoms with Gasteiger partial charge in [-0.25, -0.2) is 4.79 Å². The van der Waals surface area contributed by atoms with Crippen LogP contribution in [0.15, 0.2) is 0 Å². The van der Waals surface area contributed by atoms with E-state index >= 15 is 0 Å². The lowest BCUT2D eigenvalue weighted by atomic mass is 9.95. The fourth-order valence-electron chi connectivity index (χ4n) is 4.74. The van der Waals surface area contributed by atoms with Crippen LogP contribution in [0.25, 0.3) is 0 Å². The van der Waals surface area contributed by atoms with Crippen LogP contribution in [-0.2, 0) is 13.0 Å². The van der Waals surface area contributed by atoms with Crippen molar-refractivity contribution in [3.63, 3.8) is 0 Å². The largest absolute Gasteiger partial charge is 0.335 e. The number of likely N-dealkylation sites (tertiary alicyclic amines) is 1. The molecule has 1 saturated heterocycles. The van der Waals surface area contributed by atoms with Crippen LogP contribution in [0.1, 0.15) is 68.9 Å². The van der Waals surface area contributed by atoms with Crippen LogP contribution in [0.2, 0.25) is 0 Å². The van der Waals surface area contributed by atoms with E-state index in [2.05, 4.69) is 20.1 Å². The van der Waals surface area contributed by atoms with Crippen molar-refractivity contribution >= 4 is 6.03 Å². The minimum atomic E-state index is 0.172. The van der Waals surface area contributed by atoms with Crippen LogP contribution in [-0.4, -0.2) is 44.8 Å². The second-order valence-electron chi connectivity index (χ2n) is 8.49. The molecule has 0 unspecified atom stereocenters. The molecule has 4 aliphatic rings. The molecular weight excluding hydrogens is 314 g/mol. The summed E-state index contributed by atoms with van der Waals surface area (Å²) in [5, 5.41) is 12.3. The van der Waals surface area contributed by atoms with Crippen molar-refractivity contribution in [1.82, 2.24) is 25.0 Å². The number of carbonyl (C=O) groups excluding carboxylic acids is 1. The molecule has 25 heavy (non-hydrogen) atoms. The molecule has 2 aliphatic carbocycles. The van der Waals surface area contributed by atoms with E-state index in [0.29, 0.717) is 12.0 Å². The third-order valence-electron chi connectivity index (χ3n) is 6.59. The SMILES string of the molecule is O=C(NC(C1CC1)C1CC1)N1CCC(c2nnc3n2CCCC3)CC1. The van der Waals surface area contributed by atoms with Crippen molar-refractivity contribution < 1.29 is 4.79 Å². The molecule has 2 amide bonds. The molecule has 0 atom stereocenters. The highest BCUT2D eigenvalue weighted by Crippen LogP contribution is 2.44. The van der Waals surface area contributed by atoms with Gasteiger partial charge >= 0.3 is 6.03 Å². The minimum Gasteiger partial charge on any atom is -0.335 e. The van der Waals surface area contributed by atoms with E-state index in [1.165, 1.54) is 44.3 Å². The monoisotopic (exact) mass is 343 g/mol. The lowest BCUT2D eigenvalue weighted by Gasteiger charge is -2.33. The number of aromatic nitrogens is 3. The molecule has 0 spiro atoms. The van der Waals surface area contributed by atoms with Gasteiger partial charge < -0.3 is 14.8 Å². The Hall–Kier alpha value is -1.59. The molecule has 6 heteroatoms. The van der Waals surface area contributed by atoms with Crippen molar-refractivity contribution in [2.24, 2.45) is 11.8 Å². The predicted octanol–water partition coefficient (Wildman–Crippen LogP) is 2.69. The maximum absolute atomic E-state index is 12.7. The van der Waals surface area contributed by atoms with Crippen molar-refractivity contribution in [2.45, 2.75) is 76.3 Å². The molecule has 3 heterocycles. The average Bonchev–Trinajstić information content (AvgIpc) is 3.57. The summed E-state index contributed by atoms with van der Waals surface area (Å²) in [5.74, 6) is 4.32.